The Morgan fingerprint density at radius 3 is 2.62 bits per heavy atom. The van der Waals surface area contributed by atoms with E-state index in [-0.39, 0.29) is 11.8 Å². The summed E-state index contributed by atoms with van der Waals surface area (Å²) < 4.78 is 15.9. The number of aromatic nitrogens is 4. The Balaban J connectivity index is 1.60. The maximum atomic E-state index is 14.8. The monoisotopic (exact) mass is 426 g/mol. The van der Waals surface area contributed by atoms with Crippen LogP contribution in [0.5, 0.6) is 0 Å². The second kappa shape index (κ2) is 9.11. The predicted octanol–water partition coefficient (Wildman–Crippen LogP) is 3.66. The number of aryl methyl sites for hydroxylation is 1. The Labute approximate surface area is 186 Å². The highest BCUT2D eigenvalue weighted by molar-refractivity contribution is 6.07. The summed E-state index contributed by atoms with van der Waals surface area (Å²) in [6.07, 6.45) is 2.45. The van der Waals surface area contributed by atoms with Crippen LogP contribution in [0.4, 0.5) is 16.0 Å². The van der Waals surface area contributed by atoms with Crippen LogP contribution in [-0.4, -0.2) is 41.0 Å². The third kappa shape index (κ3) is 4.43. The van der Waals surface area contributed by atoms with Crippen molar-refractivity contribution in [2.45, 2.75) is 13.5 Å². The fourth-order valence-corrected chi connectivity index (χ4v) is 3.32. The molecule has 9 heteroatoms. The van der Waals surface area contributed by atoms with E-state index in [9.17, 15) is 9.18 Å². The quantitative estimate of drug-likeness (QED) is 0.347. The number of carbonyl (C=O) groups excluding carboxylic acids is 1. The van der Waals surface area contributed by atoms with Crippen LogP contribution < -0.4 is 10.6 Å². The lowest BCUT2D eigenvalue weighted by Gasteiger charge is -2.09. The van der Waals surface area contributed by atoms with Gasteiger partial charge in [0.15, 0.2) is 5.82 Å². The van der Waals surface area contributed by atoms with Gasteiger partial charge < -0.3 is 10.6 Å². The molecule has 2 N–H and O–H groups in total. The molecule has 0 atom stereocenters. The van der Waals surface area contributed by atoms with Crippen molar-refractivity contribution in [1.82, 2.24) is 25.0 Å². The average Bonchev–Trinajstić information content (AvgIpc) is 3.15. The molecule has 2 aromatic carbocycles. The van der Waals surface area contributed by atoms with E-state index in [1.807, 2.05) is 25.1 Å². The number of aldehydes is 1. The van der Waals surface area contributed by atoms with Gasteiger partial charge in [-0.3, -0.25) is 14.4 Å². The fraction of sp³-hybridized carbons (Fsp3) is 0.130. The van der Waals surface area contributed by atoms with Gasteiger partial charge >= 0.3 is 0 Å². The summed E-state index contributed by atoms with van der Waals surface area (Å²) in [7, 11) is 7.77. The number of hydrogen-bond acceptors (Lipinski definition) is 6. The third-order valence-electron chi connectivity index (χ3n) is 4.97. The lowest BCUT2D eigenvalue weighted by Crippen LogP contribution is -2.08. The van der Waals surface area contributed by atoms with Crippen LogP contribution in [0.2, 0.25) is 0 Å². The SMILES string of the molecule is [B]n1nc(-c2ccc(-c3ccc(C)nc3)c(F)c2)nc1Nc1ccc(C=O)c(CNC)c1. The van der Waals surface area contributed by atoms with E-state index >= 15 is 0 Å². The van der Waals surface area contributed by atoms with Gasteiger partial charge in [-0.05, 0) is 49.9 Å². The van der Waals surface area contributed by atoms with Gasteiger partial charge in [-0.2, -0.15) is 10.1 Å². The summed E-state index contributed by atoms with van der Waals surface area (Å²) in [5.74, 6) is 0.154. The minimum absolute atomic E-state index is 0.279. The molecule has 0 saturated heterocycles. The Bertz CT molecular complexity index is 1270. The molecule has 4 rings (SSSR count). The summed E-state index contributed by atoms with van der Waals surface area (Å²) in [4.78, 5) is 19.8. The second-order valence-corrected chi connectivity index (χ2v) is 7.27. The normalized spacial score (nSPS) is 10.8. The van der Waals surface area contributed by atoms with Crippen LogP contribution in [0.1, 0.15) is 21.6 Å². The zero-order valence-electron chi connectivity index (χ0n) is 17.6. The highest BCUT2D eigenvalue weighted by Crippen LogP contribution is 2.27. The van der Waals surface area contributed by atoms with E-state index in [1.165, 1.54) is 6.07 Å². The van der Waals surface area contributed by atoms with Crippen molar-refractivity contribution >= 4 is 25.9 Å². The molecule has 0 aliphatic heterocycles. The van der Waals surface area contributed by atoms with Gasteiger partial charge in [-0.15, -0.1) is 0 Å². The topological polar surface area (TPSA) is 84.7 Å². The summed E-state index contributed by atoms with van der Waals surface area (Å²) in [5, 5.41) is 10.3. The zero-order chi connectivity index (χ0) is 22.7. The fourth-order valence-electron chi connectivity index (χ4n) is 3.32. The molecule has 4 aromatic rings. The van der Waals surface area contributed by atoms with Gasteiger partial charge in [0.1, 0.15) is 12.1 Å². The molecular formula is C23H20BFN6O. The Kier molecular flexibility index (Phi) is 6.09. The lowest BCUT2D eigenvalue weighted by molar-refractivity contribution is 0.112. The molecular weight excluding hydrogens is 406 g/mol. The molecule has 0 fully saturated rings. The van der Waals surface area contributed by atoms with E-state index < -0.39 is 5.82 Å². The third-order valence-corrected chi connectivity index (χ3v) is 4.97. The molecule has 0 amide bonds. The minimum Gasteiger partial charge on any atom is -0.325 e. The van der Waals surface area contributed by atoms with E-state index in [1.54, 1.807) is 37.5 Å². The van der Waals surface area contributed by atoms with Crippen LogP contribution in [0.15, 0.2) is 54.7 Å². The summed E-state index contributed by atoms with van der Waals surface area (Å²) in [6, 6.07) is 13.7. The number of rotatable bonds is 7. The first-order chi connectivity index (χ1) is 15.5. The summed E-state index contributed by atoms with van der Waals surface area (Å²) >= 11 is 0. The standard InChI is InChI=1S/C23H20BFN6O/c1-14-3-4-16(12-27-14)20-8-6-15(10-21(20)25)22-29-23(31(24)30-22)28-19-7-5-17(13-32)18(9-19)11-26-2/h3-10,12-13,26H,11H2,1-2H3,(H,28,29,30). The van der Waals surface area contributed by atoms with E-state index in [0.717, 1.165) is 22.1 Å². The number of nitrogens with zero attached hydrogens (tertiary/aromatic N) is 4. The molecule has 0 aliphatic carbocycles. The number of carbonyl (C=O) groups is 1. The highest BCUT2D eigenvalue weighted by atomic mass is 19.1. The molecule has 158 valence electrons. The van der Waals surface area contributed by atoms with Crippen LogP contribution in [0.3, 0.4) is 0 Å². The van der Waals surface area contributed by atoms with Gasteiger partial charge in [0, 0.05) is 46.4 Å². The smallest absolute Gasteiger partial charge is 0.269 e. The van der Waals surface area contributed by atoms with Crippen molar-refractivity contribution in [3.05, 3.63) is 77.4 Å². The lowest BCUT2D eigenvalue weighted by atomic mass is 10.0. The molecule has 0 spiro atoms. The summed E-state index contributed by atoms with van der Waals surface area (Å²) in [5.41, 5.74) is 4.61. The molecule has 7 nitrogen and oxygen atoms in total. The number of hydrogen-bond donors (Lipinski definition) is 2. The first-order valence-electron chi connectivity index (χ1n) is 9.93. The first-order valence-corrected chi connectivity index (χ1v) is 9.93. The van der Waals surface area contributed by atoms with E-state index in [4.69, 9.17) is 7.98 Å². The molecule has 32 heavy (non-hydrogen) atoms. The van der Waals surface area contributed by atoms with Gasteiger partial charge in [-0.1, -0.05) is 18.2 Å². The van der Waals surface area contributed by atoms with Gasteiger partial charge in [0.2, 0.25) is 5.95 Å². The van der Waals surface area contributed by atoms with Crippen molar-refractivity contribution < 1.29 is 9.18 Å². The van der Waals surface area contributed by atoms with Crippen molar-refractivity contribution in [2.24, 2.45) is 0 Å². The number of nitrogens with one attached hydrogen (secondary N) is 2. The van der Waals surface area contributed by atoms with Crippen LogP contribution >= 0.6 is 0 Å². The Hall–Kier alpha value is -3.85. The molecule has 2 aromatic heterocycles. The van der Waals surface area contributed by atoms with Crippen molar-refractivity contribution in [3.63, 3.8) is 0 Å². The molecule has 0 aliphatic rings. The maximum absolute atomic E-state index is 14.8. The van der Waals surface area contributed by atoms with Crippen LogP contribution in [0, 0.1) is 12.7 Å². The zero-order valence-corrected chi connectivity index (χ0v) is 17.6. The number of benzene rings is 2. The van der Waals surface area contributed by atoms with Gasteiger partial charge in [-0.25, -0.2) is 4.39 Å². The number of halogens is 1. The predicted molar refractivity (Wildman–Crippen MR) is 122 cm³/mol. The Morgan fingerprint density at radius 1 is 1.12 bits per heavy atom. The van der Waals surface area contributed by atoms with Gasteiger partial charge in [0.05, 0.1) is 0 Å². The molecule has 2 radical (unpaired) electrons. The minimum atomic E-state index is -0.405. The van der Waals surface area contributed by atoms with E-state index in [0.29, 0.717) is 34.5 Å². The van der Waals surface area contributed by atoms with Gasteiger partial charge in [0.25, 0.3) is 7.98 Å². The van der Waals surface area contributed by atoms with Crippen LogP contribution in [0.25, 0.3) is 22.5 Å². The number of anilines is 2. The second-order valence-electron chi connectivity index (χ2n) is 7.27. The summed E-state index contributed by atoms with van der Waals surface area (Å²) in [6.45, 7) is 2.41. The van der Waals surface area contributed by atoms with Crippen LogP contribution in [-0.2, 0) is 6.54 Å². The largest absolute Gasteiger partial charge is 0.325 e. The molecule has 0 saturated carbocycles. The van der Waals surface area contributed by atoms with Crippen molar-refractivity contribution in [3.8, 4) is 22.5 Å². The highest BCUT2D eigenvalue weighted by Gasteiger charge is 2.13. The maximum Gasteiger partial charge on any atom is 0.269 e. The average molecular weight is 426 g/mol. The number of pyridine rings is 1. The Morgan fingerprint density at radius 2 is 1.94 bits per heavy atom. The van der Waals surface area contributed by atoms with Crippen molar-refractivity contribution in [2.75, 3.05) is 12.4 Å². The van der Waals surface area contributed by atoms with E-state index in [2.05, 4.69) is 25.7 Å². The van der Waals surface area contributed by atoms with Crippen molar-refractivity contribution in [1.29, 1.82) is 0 Å². The first kappa shape index (κ1) is 21.4. The molecule has 0 unspecified atom stereocenters. The molecule has 0 bridgehead atoms. The molecule has 2 heterocycles.